The van der Waals surface area contributed by atoms with E-state index in [4.69, 9.17) is 4.42 Å². The predicted molar refractivity (Wildman–Crippen MR) is 86.6 cm³/mol. The van der Waals surface area contributed by atoms with Crippen LogP contribution >= 0.6 is 31.9 Å². The van der Waals surface area contributed by atoms with Crippen LogP contribution in [0.5, 0.6) is 0 Å². The Morgan fingerprint density at radius 1 is 0.737 bits per heavy atom. The van der Waals surface area contributed by atoms with Gasteiger partial charge >= 0.3 is 0 Å². The molecule has 0 radical (unpaired) electrons. The Kier molecular flexibility index (Phi) is 2.47. The van der Waals surface area contributed by atoms with E-state index >= 15 is 0 Å². The molecule has 0 bridgehead atoms. The maximum absolute atomic E-state index is 6.03. The van der Waals surface area contributed by atoms with Crippen LogP contribution in [0.25, 0.3) is 32.7 Å². The van der Waals surface area contributed by atoms with E-state index in [1.54, 1.807) is 0 Å². The summed E-state index contributed by atoms with van der Waals surface area (Å²) in [6.07, 6.45) is 0. The van der Waals surface area contributed by atoms with Crippen LogP contribution in [0.3, 0.4) is 0 Å². The molecule has 19 heavy (non-hydrogen) atoms. The fraction of sp³-hybridized carbons (Fsp3) is 0. The minimum atomic E-state index is 0.897. The Morgan fingerprint density at radius 3 is 2.42 bits per heavy atom. The summed E-state index contributed by atoms with van der Waals surface area (Å²) < 4.78 is 8.03. The monoisotopic (exact) mass is 374 g/mol. The van der Waals surface area contributed by atoms with Gasteiger partial charge in [-0.25, -0.2) is 0 Å². The largest absolute Gasteiger partial charge is 0.454 e. The molecule has 3 aromatic carbocycles. The van der Waals surface area contributed by atoms with E-state index < -0.39 is 0 Å². The van der Waals surface area contributed by atoms with Gasteiger partial charge in [-0.2, -0.15) is 0 Å². The van der Waals surface area contributed by atoms with Crippen molar-refractivity contribution in [3.8, 4) is 0 Å². The lowest BCUT2D eigenvalue weighted by Gasteiger charge is -2.01. The second-order valence-electron chi connectivity index (χ2n) is 4.51. The van der Waals surface area contributed by atoms with Crippen LogP contribution in [0.2, 0.25) is 0 Å². The molecular weight excluding hydrogens is 368 g/mol. The van der Waals surface area contributed by atoms with Crippen LogP contribution in [0.15, 0.2) is 61.9 Å². The average Bonchev–Trinajstić information content (AvgIpc) is 2.80. The summed E-state index contributed by atoms with van der Waals surface area (Å²) in [6.45, 7) is 0. The summed E-state index contributed by atoms with van der Waals surface area (Å²) in [7, 11) is 0. The lowest BCUT2D eigenvalue weighted by molar-refractivity contribution is 0.665. The van der Waals surface area contributed by atoms with Gasteiger partial charge in [0.2, 0.25) is 0 Å². The first-order valence-electron chi connectivity index (χ1n) is 5.93. The van der Waals surface area contributed by atoms with Crippen molar-refractivity contribution in [3.63, 3.8) is 0 Å². The van der Waals surface area contributed by atoms with Gasteiger partial charge < -0.3 is 4.42 Å². The molecule has 0 amide bonds. The minimum absolute atomic E-state index is 0.897. The van der Waals surface area contributed by atoms with Gasteiger partial charge in [0.15, 0.2) is 0 Å². The zero-order valence-corrected chi connectivity index (χ0v) is 13.0. The van der Waals surface area contributed by atoms with Crippen molar-refractivity contribution in [1.82, 2.24) is 0 Å². The summed E-state index contributed by atoms with van der Waals surface area (Å²) in [5.74, 6) is 0. The van der Waals surface area contributed by atoms with Crippen LogP contribution < -0.4 is 0 Å². The average molecular weight is 376 g/mol. The zero-order chi connectivity index (χ0) is 13.0. The highest BCUT2D eigenvalue weighted by atomic mass is 79.9. The smallest absolute Gasteiger partial charge is 0.150 e. The number of hydrogen-bond acceptors (Lipinski definition) is 1. The minimum Gasteiger partial charge on any atom is -0.454 e. The van der Waals surface area contributed by atoms with Crippen LogP contribution in [-0.2, 0) is 0 Å². The van der Waals surface area contributed by atoms with Crippen molar-refractivity contribution in [2.75, 3.05) is 0 Å². The molecular formula is C16H8Br2O. The first-order valence-corrected chi connectivity index (χ1v) is 7.52. The summed E-state index contributed by atoms with van der Waals surface area (Å²) in [4.78, 5) is 0. The number of fused-ring (bicyclic) bond motifs is 4. The standard InChI is InChI=1S/C16H8Br2O/c17-13-7-3-6-11-12-8-9-4-1-2-5-10(9)14(18)16(12)19-15(11)13/h1-8H. The molecule has 4 aromatic rings. The van der Waals surface area contributed by atoms with Crippen molar-refractivity contribution >= 4 is 64.6 Å². The summed E-state index contributed by atoms with van der Waals surface area (Å²) in [5.41, 5.74) is 1.80. The Morgan fingerprint density at radius 2 is 1.53 bits per heavy atom. The van der Waals surface area contributed by atoms with Crippen molar-refractivity contribution in [3.05, 3.63) is 57.5 Å². The van der Waals surface area contributed by atoms with Gasteiger partial charge in [-0.05, 0) is 54.8 Å². The number of hydrogen-bond donors (Lipinski definition) is 0. The Balaban J connectivity index is 2.33. The molecule has 4 rings (SSSR count). The van der Waals surface area contributed by atoms with Gasteiger partial charge in [0, 0.05) is 10.8 Å². The van der Waals surface area contributed by atoms with E-state index in [0.29, 0.717) is 0 Å². The number of para-hydroxylation sites is 1. The first-order chi connectivity index (χ1) is 9.25. The lowest BCUT2D eigenvalue weighted by Crippen LogP contribution is -1.75. The van der Waals surface area contributed by atoms with Crippen LogP contribution in [0.4, 0.5) is 0 Å². The highest BCUT2D eigenvalue weighted by Crippen LogP contribution is 2.40. The molecule has 0 saturated carbocycles. The van der Waals surface area contributed by atoms with Crippen molar-refractivity contribution in [2.45, 2.75) is 0 Å². The fourth-order valence-corrected chi connectivity index (χ4v) is 3.61. The molecule has 1 nitrogen and oxygen atoms in total. The van der Waals surface area contributed by atoms with Gasteiger partial charge in [-0.3, -0.25) is 0 Å². The summed E-state index contributed by atoms with van der Waals surface area (Å²) >= 11 is 7.22. The van der Waals surface area contributed by atoms with Gasteiger partial charge in [-0.15, -0.1) is 0 Å². The van der Waals surface area contributed by atoms with E-state index in [2.05, 4.69) is 62.2 Å². The molecule has 0 atom stereocenters. The van der Waals surface area contributed by atoms with Gasteiger partial charge in [0.05, 0.1) is 8.95 Å². The molecule has 0 aliphatic carbocycles. The van der Waals surface area contributed by atoms with Gasteiger partial charge in [-0.1, -0.05) is 36.4 Å². The quantitative estimate of drug-likeness (QED) is 0.353. The summed E-state index contributed by atoms with van der Waals surface area (Å²) in [6, 6.07) is 16.6. The first kappa shape index (κ1) is 11.5. The predicted octanol–water partition coefficient (Wildman–Crippen LogP) is 6.26. The second kappa shape index (κ2) is 4.09. The van der Waals surface area contributed by atoms with E-state index in [9.17, 15) is 0 Å². The highest BCUT2D eigenvalue weighted by Gasteiger charge is 2.14. The number of halogens is 2. The maximum Gasteiger partial charge on any atom is 0.150 e. The van der Waals surface area contributed by atoms with Crippen molar-refractivity contribution < 1.29 is 4.42 Å². The van der Waals surface area contributed by atoms with Crippen LogP contribution in [0, 0.1) is 0 Å². The molecule has 0 aliphatic rings. The zero-order valence-electron chi connectivity index (χ0n) is 9.78. The normalized spacial score (nSPS) is 11.7. The van der Waals surface area contributed by atoms with E-state index in [1.165, 1.54) is 10.8 Å². The molecule has 1 aromatic heterocycles. The Bertz CT molecular complexity index is 938. The number of rotatable bonds is 0. The Hall–Kier alpha value is -1.32. The fourth-order valence-electron chi connectivity index (χ4n) is 2.51. The molecule has 3 heteroatoms. The molecule has 0 fully saturated rings. The lowest BCUT2D eigenvalue weighted by atomic mass is 10.1. The molecule has 0 saturated heterocycles. The highest BCUT2D eigenvalue weighted by molar-refractivity contribution is 9.11. The van der Waals surface area contributed by atoms with Crippen molar-refractivity contribution in [1.29, 1.82) is 0 Å². The molecule has 1 heterocycles. The van der Waals surface area contributed by atoms with Gasteiger partial charge in [0.1, 0.15) is 11.2 Å². The van der Waals surface area contributed by atoms with E-state index in [0.717, 1.165) is 30.9 Å². The molecule has 0 spiro atoms. The topological polar surface area (TPSA) is 13.1 Å². The van der Waals surface area contributed by atoms with Crippen LogP contribution in [-0.4, -0.2) is 0 Å². The molecule has 0 N–H and O–H groups in total. The SMILES string of the molecule is Brc1cccc2c1oc1c(Br)c3ccccc3cc12. The van der Waals surface area contributed by atoms with Gasteiger partial charge in [0.25, 0.3) is 0 Å². The third kappa shape index (κ3) is 1.58. The third-order valence-corrected chi connectivity index (χ3v) is 4.81. The van der Waals surface area contributed by atoms with Crippen LogP contribution in [0.1, 0.15) is 0 Å². The number of furan rings is 1. The molecule has 0 unspecified atom stereocenters. The third-order valence-electron chi connectivity index (χ3n) is 3.40. The summed E-state index contributed by atoms with van der Waals surface area (Å²) in [5, 5.41) is 4.66. The molecule has 0 aliphatic heterocycles. The molecule has 92 valence electrons. The van der Waals surface area contributed by atoms with E-state index in [1.807, 2.05) is 18.2 Å². The maximum atomic E-state index is 6.03. The van der Waals surface area contributed by atoms with E-state index in [-0.39, 0.29) is 0 Å². The second-order valence-corrected chi connectivity index (χ2v) is 6.15. The Labute approximate surface area is 126 Å². The number of benzene rings is 3. The van der Waals surface area contributed by atoms with Crippen molar-refractivity contribution in [2.24, 2.45) is 0 Å².